The maximum Gasteiger partial charge on any atom is 0.270 e. The molecule has 0 saturated heterocycles. The number of nitro benzene ring substituents is 1. The molecule has 0 heterocycles. The van der Waals surface area contributed by atoms with Crippen LogP contribution in [0, 0.1) is 33.8 Å². The molecule has 0 aliphatic heterocycles. The first-order valence-corrected chi connectivity index (χ1v) is 11.0. The highest BCUT2D eigenvalue weighted by atomic mass is 32.2. The summed E-state index contributed by atoms with van der Waals surface area (Å²) >= 11 is 1.25. The number of non-ortho nitro benzene ring substituents is 1. The molecule has 154 valence electrons. The topological polar surface area (TPSA) is 84.3 Å². The van der Waals surface area contributed by atoms with Crippen molar-refractivity contribution >= 4 is 23.5 Å². The van der Waals surface area contributed by atoms with Crippen LogP contribution >= 0.6 is 11.9 Å². The van der Waals surface area contributed by atoms with Crippen LogP contribution in [0.5, 0.6) is 0 Å². The van der Waals surface area contributed by atoms with Gasteiger partial charge in [0, 0.05) is 23.1 Å². The van der Waals surface area contributed by atoms with Crippen LogP contribution in [0.25, 0.3) is 0 Å². The number of fused-ring (bicyclic) bond motifs is 2. The van der Waals surface area contributed by atoms with E-state index in [0.29, 0.717) is 16.7 Å². The standard InChI is InChI=1S/C21H31N3O3S/c1-13-8-15-10-14(2)19(16(9-13)11-15)22-20(25)21(3,4)23-28-18-7-5-6-17(12-18)24(26)27/h5-7,12-16,19,23H,8-11H2,1-4H3,(H,22,25). The maximum absolute atomic E-state index is 13.0. The van der Waals surface area contributed by atoms with Crippen LogP contribution in [0.2, 0.25) is 0 Å². The predicted molar refractivity (Wildman–Crippen MR) is 112 cm³/mol. The molecule has 2 bridgehead atoms. The zero-order valence-electron chi connectivity index (χ0n) is 17.1. The van der Waals surface area contributed by atoms with E-state index < -0.39 is 10.5 Å². The third-order valence-corrected chi connectivity index (χ3v) is 7.32. The third-order valence-electron chi connectivity index (χ3n) is 6.22. The lowest BCUT2D eigenvalue weighted by Gasteiger charge is -2.47. The first-order chi connectivity index (χ1) is 13.2. The predicted octanol–water partition coefficient (Wildman–Crippen LogP) is 4.55. The number of nitrogens with one attached hydrogen (secondary N) is 2. The van der Waals surface area contributed by atoms with Gasteiger partial charge in [0.2, 0.25) is 5.91 Å². The van der Waals surface area contributed by atoms with E-state index in [9.17, 15) is 14.9 Å². The minimum atomic E-state index is -0.786. The fourth-order valence-corrected chi connectivity index (χ4v) is 5.70. The number of nitro groups is 1. The molecular formula is C21H31N3O3S. The van der Waals surface area contributed by atoms with E-state index in [1.165, 1.54) is 49.8 Å². The summed E-state index contributed by atoms with van der Waals surface area (Å²) in [6.45, 7) is 8.30. The van der Waals surface area contributed by atoms with E-state index in [1.807, 2.05) is 13.8 Å². The number of nitrogens with zero attached hydrogens (tertiary/aromatic N) is 1. The summed E-state index contributed by atoms with van der Waals surface area (Å²) < 4.78 is 3.19. The SMILES string of the molecule is CC1CC2CC(C)C(NC(=O)C(C)(C)NSc3cccc([N+](=O)[O-])c3)C(C1)C2. The highest BCUT2D eigenvalue weighted by Crippen LogP contribution is 2.44. The number of rotatable bonds is 6. The largest absolute Gasteiger partial charge is 0.351 e. The second-order valence-corrected chi connectivity index (χ2v) is 10.1. The van der Waals surface area contributed by atoms with Crippen molar-refractivity contribution in [1.29, 1.82) is 0 Å². The zero-order chi connectivity index (χ0) is 20.5. The summed E-state index contributed by atoms with van der Waals surface area (Å²) in [6.07, 6.45) is 4.95. The summed E-state index contributed by atoms with van der Waals surface area (Å²) in [5, 5.41) is 14.3. The second kappa shape index (κ2) is 8.41. The lowest BCUT2D eigenvalue weighted by molar-refractivity contribution is -0.385. The summed E-state index contributed by atoms with van der Waals surface area (Å²) in [4.78, 5) is 24.3. The summed E-state index contributed by atoms with van der Waals surface area (Å²) in [6, 6.07) is 6.66. The fourth-order valence-electron chi connectivity index (χ4n) is 4.91. The highest BCUT2D eigenvalue weighted by molar-refractivity contribution is 7.97. The van der Waals surface area contributed by atoms with Gasteiger partial charge in [0.05, 0.1) is 4.92 Å². The Morgan fingerprint density at radius 3 is 2.68 bits per heavy atom. The van der Waals surface area contributed by atoms with Gasteiger partial charge in [-0.1, -0.05) is 19.9 Å². The Bertz CT molecular complexity index is 735. The van der Waals surface area contributed by atoms with Gasteiger partial charge in [-0.25, -0.2) is 4.72 Å². The minimum absolute atomic E-state index is 0.0149. The normalized spacial score (nSPS) is 29.9. The second-order valence-electron chi connectivity index (χ2n) is 9.23. The molecule has 2 aliphatic carbocycles. The quantitative estimate of drug-likeness (QED) is 0.412. The Labute approximate surface area is 171 Å². The van der Waals surface area contributed by atoms with Crippen LogP contribution in [0.4, 0.5) is 5.69 Å². The van der Waals surface area contributed by atoms with Gasteiger partial charge in [-0.3, -0.25) is 14.9 Å². The molecule has 2 aliphatic rings. The first kappa shape index (κ1) is 21.1. The van der Waals surface area contributed by atoms with Gasteiger partial charge < -0.3 is 5.32 Å². The Balaban J connectivity index is 1.61. The van der Waals surface area contributed by atoms with Crippen LogP contribution in [0.3, 0.4) is 0 Å². The molecule has 2 N–H and O–H groups in total. The van der Waals surface area contributed by atoms with Crippen molar-refractivity contribution in [2.24, 2.45) is 23.7 Å². The monoisotopic (exact) mass is 405 g/mol. The number of hydrogen-bond acceptors (Lipinski definition) is 5. The fraction of sp³-hybridized carbons (Fsp3) is 0.667. The van der Waals surface area contributed by atoms with Crippen LogP contribution in [-0.2, 0) is 4.79 Å². The van der Waals surface area contributed by atoms with Crippen molar-refractivity contribution in [2.45, 2.75) is 69.9 Å². The molecule has 1 amide bonds. The molecule has 1 aromatic carbocycles. The number of benzene rings is 1. The lowest BCUT2D eigenvalue weighted by atomic mass is 9.63. The zero-order valence-corrected chi connectivity index (χ0v) is 17.9. The number of carbonyl (C=O) groups is 1. The Kier molecular flexibility index (Phi) is 6.34. The van der Waals surface area contributed by atoms with Crippen molar-refractivity contribution in [1.82, 2.24) is 10.0 Å². The number of carbonyl (C=O) groups excluding carboxylic acids is 1. The van der Waals surface area contributed by atoms with Gasteiger partial charge in [-0.2, -0.15) is 0 Å². The maximum atomic E-state index is 13.0. The minimum Gasteiger partial charge on any atom is -0.351 e. The number of hydrogen-bond donors (Lipinski definition) is 2. The number of amides is 1. The van der Waals surface area contributed by atoms with Crippen LogP contribution < -0.4 is 10.0 Å². The van der Waals surface area contributed by atoms with Gasteiger partial charge in [0.1, 0.15) is 5.54 Å². The molecule has 3 rings (SSSR count). The molecule has 1 aromatic rings. The van der Waals surface area contributed by atoms with Crippen molar-refractivity contribution in [2.75, 3.05) is 0 Å². The summed E-state index contributed by atoms with van der Waals surface area (Å²) in [5.74, 6) is 2.61. The molecule has 2 saturated carbocycles. The third kappa shape index (κ3) is 4.87. The van der Waals surface area contributed by atoms with Crippen LogP contribution in [0.1, 0.15) is 53.4 Å². The summed E-state index contributed by atoms with van der Waals surface area (Å²) in [5.41, 5.74) is -0.738. The molecule has 0 aromatic heterocycles. The van der Waals surface area contributed by atoms with Crippen LogP contribution in [0.15, 0.2) is 29.2 Å². The van der Waals surface area contributed by atoms with Crippen molar-refractivity contribution in [3.05, 3.63) is 34.4 Å². The first-order valence-electron chi connectivity index (χ1n) is 10.1. The molecule has 0 spiro atoms. The Morgan fingerprint density at radius 1 is 1.21 bits per heavy atom. The van der Waals surface area contributed by atoms with E-state index >= 15 is 0 Å². The van der Waals surface area contributed by atoms with Crippen molar-refractivity contribution < 1.29 is 9.72 Å². The smallest absolute Gasteiger partial charge is 0.270 e. The van der Waals surface area contributed by atoms with Gasteiger partial charge in [0.15, 0.2) is 0 Å². The molecule has 6 nitrogen and oxygen atoms in total. The van der Waals surface area contributed by atoms with E-state index in [0.717, 1.165) is 11.8 Å². The average Bonchev–Trinajstić information content (AvgIpc) is 2.63. The summed E-state index contributed by atoms with van der Waals surface area (Å²) in [7, 11) is 0. The Hall–Kier alpha value is -1.60. The van der Waals surface area contributed by atoms with Gasteiger partial charge in [-0.15, -0.1) is 0 Å². The van der Waals surface area contributed by atoms with Crippen molar-refractivity contribution in [3.63, 3.8) is 0 Å². The molecule has 28 heavy (non-hydrogen) atoms. The van der Waals surface area contributed by atoms with E-state index in [-0.39, 0.29) is 17.6 Å². The van der Waals surface area contributed by atoms with Crippen molar-refractivity contribution in [3.8, 4) is 0 Å². The molecular weight excluding hydrogens is 374 g/mol. The lowest BCUT2D eigenvalue weighted by Crippen LogP contribution is -2.58. The molecule has 7 heteroatoms. The average molecular weight is 406 g/mol. The van der Waals surface area contributed by atoms with Gasteiger partial charge in [0.25, 0.3) is 5.69 Å². The van der Waals surface area contributed by atoms with Gasteiger partial charge >= 0.3 is 0 Å². The molecule has 0 radical (unpaired) electrons. The van der Waals surface area contributed by atoms with E-state index in [2.05, 4.69) is 23.9 Å². The molecule has 2 fully saturated rings. The Morgan fingerprint density at radius 2 is 1.96 bits per heavy atom. The molecule has 5 unspecified atom stereocenters. The van der Waals surface area contributed by atoms with Gasteiger partial charge in [-0.05, 0) is 81.2 Å². The highest BCUT2D eigenvalue weighted by Gasteiger charge is 2.42. The molecule has 5 atom stereocenters. The van der Waals surface area contributed by atoms with E-state index in [1.54, 1.807) is 12.1 Å². The van der Waals surface area contributed by atoms with Crippen LogP contribution in [-0.4, -0.2) is 22.4 Å². The van der Waals surface area contributed by atoms with E-state index in [4.69, 9.17) is 0 Å².